The third-order valence-corrected chi connectivity index (χ3v) is 17.7. The molecule has 13 nitrogen and oxygen atoms in total. The van der Waals surface area contributed by atoms with Gasteiger partial charge in [0, 0.05) is 38.8 Å². The van der Waals surface area contributed by atoms with Crippen LogP contribution in [0, 0.1) is 22.7 Å². The van der Waals surface area contributed by atoms with E-state index < -0.39 is 46.3 Å². The molecular weight excluding hydrogens is 1370 g/mol. The van der Waals surface area contributed by atoms with Crippen molar-refractivity contribution in [3.05, 3.63) is 302 Å². The van der Waals surface area contributed by atoms with E-state index in [9.17, 15) is 53.2 Å². The zero-order valence-corrected chi connectivity index (χ0v) is 54.6. The summed E-state index contributed by atoms with van der Waals surface area (Å²) in [6.45, 7) is 0. The lowest BCUT2D eigenvalue weighted by atomic mass is 9.80. The van der Waals surface area contributed by atoms with Gasteiger partial charge in [-0.15, -0.1) is 0 Å². The van der Waals surface area contributed by atoms with E-state index in [1.54, 1.807) is 24.3 Å². The molecule has 2 N–H and O–H groups in total. The van der Waals surface area contributed by atoms with Gasteiger partial charge in [-0.25, -0.2) is 29.9 Å². The Kier molecular flexibility index (Phi) is 20.4. The minimum absolute atomic E-state index is 0.131. The third-order valence-electron chi connectivity index (χ3n) is 16.4. The van der Waals surface area contributed by atoms with E-state index in [4.69, 9.17) is 30.3 Å². The lowest BCUT2D eigenvalue weighted by Crippen LogP contribution is -2.63. The largest absolute Gasteiger partial charge is 0.488 e. The summed E-state index contributed by atoms with van der Waals surface area (Å²) < 4.78 is 150. The Bertz CT molecular complexity index is 5500. The van der Waals surface area contributed by atoms with Crippen LogP contribution in [0.3, 0.4) is 0 Å². The van der Waals surface area contributed by atoms with E-state index in [1.165, 1.54) is 59.3 Å². The van der Waals surface area contributed by atoms with Gasteiger partial charge < -0.3 is 14.2 Å². The number of nitriles is 2. The van der Waals surface area contributed by atoms with Crippen molar-refractivity contribution in [1.29, 1.82) is 10.5 Å². The first kappa shape index (κ1) is 71.1. The molecule has 12 aromatic carbocycles. The van der Waals surface area contributed by atoms with Crippen LogP contribution in [0.5, 0.6) is 5.75 Å². The van der Waals surface area contributed by atoms with Crippen molar-refractivity contribution in [3.63, 3.8) is 0 Å². The Morgan fingerprint density at radius 3 is 0.885 bits per heavy atom. The van der Waals surface area contributed by atoms with E-state index in [-0.39, 0.29) is 10.8 Å². The van der Waals surface area contributed by atoms with Gasteiger partial charge in [-0.3, -0.25) is 0 Å². The molecule has 0 unspecified atom stereocenters. The van der Waals surface area contributed by atoms with Crippen molar-refractivity contribution in [3.8, 4) is 120 Å². The molecule has 0 saturated carbocycles. The molecule has 2 heterocycles. The van der Waals surface area contributed by atoms with Gasteiger partial charge in [-0.05, 0) is 91.4 Å². The smallest absolute Gasteiger partial charge is 0.423 e. The molecule has 0 atom stereocenters. The second-order valence-corrected chi connectivity index (χ2v) is 24.7. The maximum Gasteiger partial charge on any atom is 0.488 e. The average molecular weight is 1420 g/mol. The highest BCUT2D eigenvalue weighted by Crippen LogP contribution is 2.55. The Hall–Kier alpha value is -12.7. The molecule has 14 aromatic rings. The first-order valence-corrected chi connectivity index (χ1v) is 32.9. The Balaban J connectivity index is 0.000000172. The molecule has 2 aromatic heterocycles. The van der Waals surface area contributed by atoms with E-state index >= 15 is 0 Å². The SMILES string of the molecule is N#Cc1ccc(-c2ccc(-c3ccc(-c4nc(-c5ccccc5)nc(-c5ccccc5)n4)cc3)c3ccccc23)cc1.N#Cc1ccc(B(O)O)cc1.O=S(=O)(Oc1ccc(-c2ccc(-c3nc(-c4ccccc4)nc(-c4ccccc4)n3)cc2)c2ccccc12)C(F)(F)C(F)(F)C(F)(F)C(F)(F)F. The second kappa shape index (κ2) is 29.8. The molecular formula is C80H50BF9N8O5S. The molecule has 0 fully saturated rings. The van der Waals surface area contributed by atoms with Crippen molar-refractivity contribution in [1.82, 2.24) is 29.9 Å². The number of hydrogen-bond donors (Lipinski definition) is 2. The highest BCUT2D eigenvalue weighted by molar-refractivity contribution is 7.88. The van der Waals surface area contributed by atoms with Crippen molar-refractivity contribution < 1.29 is 62.2 Å². The summed E-state index contributed by atoms with van der Waals surface area (Å²) in [5, 5.41) is 30.1. The van der Waals surface area contributed by atoms with Crippen LogP contribution in [0.4, 0.5) is 39.5 Å². The molecule has 0 spiro atoms. The number of rotatable bonds is 15. The van der Waals surface area contributed by atoms with Gasteiger partial charge in [-0.1, -0.05) is 255 Å². The summed E-state index contributed by atoms with van der Waals surface area (Å²) in [6.07, 6.45) is -7.21. The van der Waals surface area contributed by atoms with Crippen molar-refractivity contribution >= 4 is 44.2 Å². The van der Waals surface area contributed by atoms with Gasteiger partial charge in [0.05, 0.1) is 23.3 Å². The molecule has 0 amide bonds. The van der Waals surface area contributed by atoms with E-state index in [2.05, 4.69) is 85.9 Å². The summed E-state index contributed by atoms with van der Waals surface area (Å²) in [4.78, 5) is 28.5. The Morgan fingerprint density at radius 2 is 0.577 bits per heavy atom. The number of fused-ring (bicyclic) bond motifs is 2. The lowest BCUT2D eigenvalue weighted by Gasteiger charge is -2.32. The van der Waals surface area contributed by atoms with Gasteiger partial charge in [0.1, 0.15) is 0 Å². The number of nitrogens with zero attached hydrogens (tertiary/aromatic N) is 8. The molecule has 0 aliphatic carbocycles. The first-order chi connectivity index (χ1) is 49.9. The van der Waals surface area contributed by atoms with Gasteiger partial charge in [-0.2, -0.15) is 58.5 Å². The number of hydrogen-bond acceptors (Lipinski definition) is 13. The number of benzene rings is 12. The summed E-state index contributed by atoms with van der Waals surface area (Å²) >= 11 is 0. The quantitative estimate of drug-likeness (QED) is 0.0557. The first-order valence-electron chi connectivity index (χ1n) is 31.4. The van der Waals surface area contributed by atoms with Crippen LogP contribution in [-0.2, 0) is 10.1 Å². The predicted molar refractivity (Wildman–Crippen MR) is 380 cm³/mol. The van der Waals surface area contributed by atoms with Crippen LogP contribution in [0.25, 0.3) is 123 Å². The standard InChI is InChI=1S/C38H24N4.C35H20F9N3O3S.C7H6BNO2/c39-25-26-15-17-27(18-16-26)32-23-24-33(35-14-8-7-13-34(32)35)28-19-21-31(22-20-28)38-41-36(29-9-3-1-4-10-29)40-37(42-38)30-11-5-2-6-12-30;36-32(37,34(40,41)42)33(38,39)35(43,44)51(48,49)50-28-20-19-25(26-13-7-8-14-27(26)28)21-15-17-24(18-16-21)31-46-29(22-9-3-1-4-10-22)45-30(47-31)23-11-5-2-6-12-23;9-5-6-1-3-7(4-2-6)8(10)11/h1-24H;1-20H;1-4,10-11H. The number of aromatic nitrogens is 6. The average Bonchev–Trinajstić information content (AvgIpc) is 0.719. The van der Waals surface area contributed by atoms with Crippen LogP contribution in [0.15, 0.2) is 291 Å². The lowest BCUT2D eigenvalue weighted by molar-refractivity contribution is -0.382. The minimum atomic E-state index is -7.43. The molecule has 0 bridgehead atoms. The highest BCUT2D eigenvalue weighted by Gasteiger charge is 2.86. The Labute approximate surface area is 589 Å². The van der Waals surface area contributed by atoms with Crippen molar-refractivity contribution in [2.75, 3.05) is 0 Å². The Morgan fingerprint density at radius 1 is 0.317 bits per heavy atom. The highest BCUT2D eigenvalue weighted by atomic mass is 32.2. The fourth-order valence-electron chi connectivity index (χ4n) is 11.0. The van der Waals surface area contributed by atoms with Crippen LogP contribution in [-0.4, -0.2) is 78.8 Å². The molecule has 24 heteroatoms. The molecule has 0 aliphatic heterocycles. The van der Waals surface area contributed by atoms with Crippen LogP contribution < -0.4 is 9.65 Å². The number of halogens is 9. The maximum atomic E-state index is 14.4. The topological polar surface area (TPSA) is 209 Å². The zero-order valence-electron chi connectivity index (χ0n) is 53.8. The van der Waals surface area contributed by atoms with Gasteiger partial charge in [0.25, 0.3) is 0 Å². The molecule has 512 valence electrons. The van der Waals surface area contributed by atoms with Gasteiger partial charge >= 0.3 is 40.5 Å². The van der Waals surface area contributed by atoms with Crippen molar-refractivity contribution in [2.45, 2.75) is 23.3 Å². The summed E-state index contributed by atoms with van der Waals surface area (Å²) in [5.41, 5.74) is 11.7. The predicted octanol–water partition coefficient (Wildman–Crippen LogP) is 18.3. The molecule has 0 saturated heterocycles. The van der Waals surface area contributed by atoms with Crippen LogP contribution >= 0.6 is 0 Å². The maximum absolute atomic E-state index is 14.4. The second-order valence-electron chi connectivity index (χ2n) is 23.1. The zero-order chi connectivity index (χ0) is 73.4. The van der Waals surface area contributed by atoms with Gasteiger partial charge in [0.15, 0.2) is 40.7 Å². The minimum Gasteiger partial charge on any atom is -0.423 e. The number of alkyl halides is 9. The van der Waals surface area contributed by atoms with Crippen molar-refractivity contribution in [2.24, 2.45) is 0 Å². The third kappa shape index (κ3) is 14.9. The van der Waals surface area contributed by atoms with Crippen LogP contribution in [0.1, 0.15) is 11.1 Å². The summed E-state index contributed by atoms with van der Waals surface area (Å²) in [7, 11) is -8.60. The molecule has 104 heavy (non-hydrogen) atoms. The van der Waals surface area contributed by atoms with E-state index in [0.717, 1.165) is 62.2 Å². The molecule has 0 aliphatic rings. The fraction of sp³-hybridized carbons (Fsp3) is 0.0500. The summed E-state index contributed by atoms with van der Waals surface area (Å²) in [5.74, 6) is -12.8. The normalized spacial score (nSPS) is 11.7. The summed E-state index contributed by atoms with van der Waals surface area (Å²) in [6, 6.07) is 91.4. The monoisotopic (exact) mass is 1420 g/mol. The van der Waals surface area contributed by atoms with E-state index in [0.29, 0.717) is 68.2 Å². The van der Waals surface area contributed by atoms with Crippen LogP contribution in [0.2, 0.25) is 0 Å². The van der Waals surface area contributed by atoms with E-state index in [1.807, 2.05) is 152 Å². The fourth-order valence-corrected chi connectivity index (χ4v) is 11.9. The molecule has 14 rings (SSSR count). The molecule has 0 radical (unpaired) electrons. The van der Waals surface area contributed by atoms with Gasteiger partial charge in [0.2, 0.25) is 0 Å².